The van der Waals surface area contributed by atoms with Crippen molar-refractivity contribution in [2.45, 2.75) is 0 Å². The molecule has 7 nitrogen and oxygen atoms in total. The van der Waals surface area contributed by atoms with E-state index in [4.69, 9.17) is 25.8 Å². The second-order valence-corrected chi connectivity index (χ2v) is 3.25. The zero-order valence-corrected chi connectivity index (χ0v) is 10.5. The van der Waals surface area contributed by atoms with Crippen molar-refractivity contribution in [3.8, 4) is 6.01 Å². The second-order valence-electron chi connectivity index (χ2n) is 2.91. The smallest absolute Gasteiger partial charge is 0.322 e. The third-order valence-corrected chi connectivity index (χ3v) is 1.87. The van der Waals surface area contributed by atoms with Gasteiger partial charge >= 0.3 is 6.01 Å². The molecule has 8 heteroatoms. The summed E-state index contributed by atoms with van der Waals surface area (Å²) in [4.78, 5) is 11.6. The number of nitrogens with zero attached hydrogens (tertiary/aromatic N) is 3. The average molecular weight is 263 g/mol. The van der Waals surface area contributed by atoms with Gasteiger partial charge in [0.2, 0.25) is 11.2 Å². The van der Waals surface area contributed by atoms with Crippen molar-refractivity contribution < 1.29 is 14.2 Å². The third kappa shape index (κ3) is 5.62. The summed E-state index contributed by atoms with van der Waals surface area (Å²) in [5.41, 5.74) is 0. The highest BCUT2D eigenvalue weighted by Crippen LogP contribution is 2.10. The van der Waals surface area contributed by atoms with Crippen LogP contribution < -0.4 is 10.1 Å². The van der Waals surface area contributed by atoms with Crippen LogP contribution >= 0.6 is 11.6 Å². The lowest BCUT2D eigenvalue weighted by Gasteiger charge is -2.06. The lowest BCUT2D eigenvalue weighted by Crippen LogP contribution is -2.12. The fraction of sp³-hybridized carbons (Fsp3) is 0.667. The molecule has 0 aliphatic heterocycles. The van der Waals surface area contributed by atoms with E-state index in [2.05, 4.69) is 20.3 Å². The van der Waals surface area contributed by atoms with Crippen LogP contribution in [-0.4, -0.2) is 55.5 Å². The Hall–Kier alpha value is -1.18. The van der Waals surface area contributed by atoms with Gasteiger partial charge in [0, 0.05) is 14.2 Å². The van der Waals surface area contributed by atoms with Crippen LogP contribution in [0.15, 0.2) is 0 Å². The monoisotopic (exact) mass is 262 g/mol. The van der Waals surface area contributed by atoms with Gasteiger partial charge in [0.05, 0.1) is 19.8 Å². The summed E-state index contributed by atoms with van der Waals surface area (Å²) >= 11 is 5.68. The predicted molar refractivity (Wildman–Crippen MR) is 62.6 cm³/mol. The van der Waals surface area contributed by atoms with E-state index in [9.17, 15) is 0 Å². The molecule has 0 spiro atoms. The van der Waals surface area contributed by atoms with E-state index in [-0.39, 0.29) is 11.3 Å². The number of hydrogen-bond donors (Lipinski definition) is 1. The van der Waals surface area contributed by atoms with Gasteiger partial charge in [-0.1, -0.05) is 0 Å². The molecule has 0 saturated heterocycles. The van der Waals surface area contributed by atoms with Crippen molar-refractivity contribution in [1.29, 1.82) is 0 Å². The van der Waals surface area contributed by atoms with E-state index < -0.39 is 0 Å². The minimum atomic E-state index is 0.0830. The lowest BCUT2D eigenvalue weighted by molar-refractivity contribution is 0.0528. The molecule has 0 bridgehead atoms. The number of hydrogen-bond acceptors (Lipinski definition) is 7. The number of aromatic nitrogens is 3. The average Bonchev–Trinajstić information content (AvgIpc) is 2.33. The lowest BCUT2D eigenvalue weighted by atomic mass is 10.7. The second kappa shape index (κ2) is 7.99. The quantitative estimate of drug-likeness (QED) is 0.688. The number of anilines is 1. The van der Waals surface area contributed by atoms with Crippen LogP contribution in [0.3, 0.4) is 0 Å². The van der Waals surface area contributed by atoms with Crippen LogP contribution in [-0.2, 0) is 9.47 Å². The van der Waals surface area contributed by atoms with Crippen LogP contribution in [0, 0.1) is 0 Å². The first kappa shape index (κ1) is 13.9. The van der Waals surface area contributed by atoms with Crippen LogP contribution in [0.5, 0.6) is 6.01 Å². The molecule has 0 atom stereocenters. The summed E-state index contributed by atoms with van der Waals surface area (Å²) in [5.74, 6) is 0.361. The van der Waals surface area contributed by atoms with E-state index in [1.165, 1.54) is 0 Å². The highest BCUT2D eigenvalue weighted by Gasteiger charge is 2.04. The van der Waals surface area contributed by atoms with Gasteiger partial charge in [-0.25, -0.2) is 0 Å². The third-order valence-electron chi connectivity index (χ3n) is 1.70. The highest BCUT2D eigenvalue weighted by atomic mass is 35.5. The van der Waals surface area contributed by atoms with Gasteiger partial charge in [-0.3, -0.25) is 0 Å². The number of ether oxygens (including phenoxy) is 3. The fourth-order valence-corrected chi connectivity index (χ4v) is 1.10. The molecule has 96 valence electrons. The molecule has 1 aromatic rings. The molecule has 1 N–H and O–H groups in total. The van der Waals surface area contributed by atoms with E-state index in [0.29, 0.717) is 32.4 Å². The molecule has 0 aliphatic carbocycles. The van der Waals surface area contributed by atoms with Crippen LogP contribution in [0.25, 0.3) is 0 Å². The summed E-state index contributed by atoms with van der Waals surface area (Å²) in [7, 11) is 3.30. The van der Waals surface area contributed by atoms with Gasteiger partial charge in [-0.2, -0.15) is 15.0 Å². The molecule has 0 radical (unpaired) electrons. The van der Waals surface area contributed by atoms with Gasteiger partial charge in [0.15, 0.2) is 0 Å². The minimum absolute atomic E-state index is 0.0830. The van der Waals surface area contributed by atoms with Crippen LogP contribution in [0.4, 0.5) is 5.95 Å². The number of methoxy groups -OCH3 is 1. The van der Waals surface area contributed by atoms with E-state index in [0.717, 1.165) is 0 Å². The van der Waals surface area contributed by atoms with E-state index in [1.54, 1.807) is 14.2 Å². The molecular weight excluding hydrogens is 248 g/mol. The summed E-state index contributed by atoms with van der Waals surface area (Å²) in [6.45, 7) is 1.86. The number of halogens is 1. The first-order valence-electron chi connectivity index (χ1n) is 5.05. The van der Waals surface area contributed by atoms with Crippen molar-refractivity contribution in [3.63, 3.8) is 0 Å². The summed E-state index contributed by atoms with van der Waals surface area (Å²) < 4.78 is 15.3. The summed E-state index contributed by atoms with van der Waals surface area (Å²) in [5, 5.41) is 2.84. The molecule has 0 aromatic carbocycles. The first-order chi connectivity index (χ1) is 8.26. The largest absolute Gasteiger partial charge is 0.461 e. The molecule has 1 heterocycles. The summed E-state index contributed by atoms with van der Waals surface area (Å²) in [6.07, 6.45) is 0. The highest BCUT2D eigenvalue weighted by molar-refractivity contribution is 6.28. The molecular formula is C9H15ClN4O3. The minimum Gasteiger partial charge on any atom is -0.461 e. The van der Waals surface area contributed by atoms with Crippen LogP contribution in [0.1, 0.15) is 0 Å². The molecule has 0 unspecified atom stereocenters. The Kier molecular flexibility index (Phi) is 6.53. The van der Waals surface area contributed by atoms with Crippen molar-refractivity contribution in [2.24, 2.45) is 0 Å². The van der Waals surface area contributed by atoms with Gasteiger partial charge in [0.1, 0.15) is 6.61 Å². The normalized spacial score (nSPS) is 10.3. The Morgan fingerprint density at radius 2 is 1.88 bits per heavy atom. The van der Waals surface area contributed by atoms with E-state index >= 15 is 0 Å². The zero-order valence-electron chi connectivity index (χ0n) is 9.77. The zero-order chi connectivity index (χ0) is 12.5. The van der Waals surface area contributed by atoms with Crippen molar-refractivity contribution in [2.75, 3.05) is 45.9 Å². The Balaban J connectivity index is 2.28. The van der Waals surface area contributed by atoms with Gasteiger partial charge in [0.25, 0.3) is 0 Å². The molecule has 0 fully saturated rings. The Morgan fingerprint density at radius 1 is 1.12 bits per heavy atom. The predicted octanol–water partition coefficient (Wildman–Crippen LogP) is 0.608. The molecule has 17 heavy (non-hydrogen) atoms. The van der Waals surface area contributed by atoms with Crippen molar-refractivity contribution >= 4 is 17.5 Å². The number of nitrogens with one attached hydrogen (secondary N) is 1. The molecule has 0 amide bonds. The Labute approximate surface area is 104 Å². The van der Waals surface area contributed by atoms with Gasteiger partial charge in [-0.05, 0) is 11.6 Å². The summed E-state index contributed by atoms with van der Waals surface area (Å²) in [6, 6.07) is 0.171. The molecule has 0 saturated carbocycles. The fourth-order valence-electron chi connectivity index (χ4n) is 0.944. The topological polar surface area (TPSA) is 78.4 Å². The molecule has 1 aromatic heterocycles. The number of rotatable bonds is 8. The van der Waals surface area contributed by atoms with Crippen molar-refractivity contribution in [3.05, 3.63) is 5.28 Å². The van der Waals surface area contributed by atoms with E-state index in [1.807, 2.05) is 0 Å². The first-order valence-corrected chi connectivity index (χ1v) is 5.43. The van der Waals surface area contributed by atoms with Gasteiger partial charge < -0.3 is 19.5 Å². The standard InChI is InChI=1S/C9H15ClN4O3/c1-11-8-12-7(10)13-9(14-8)17-6-5-16-4-3-15-2/h3-6H2,1-2H3,(H,11,12,13,14). The maximum Gasteiger partial charge on any atom is 0.322 e. The Bertz CT molecular complexity index is 340. The van der Waals surface area contributed by atoms with Crippen LogP contribution in [0.2, 0.25) is 5.28 Å². The maximum atomic E-state index is 5.68. The van der Waals surface area contributed by atoms with Crippen molar-refractivity contribution in [1.82, 2.24) is 15.0 Å². The Morgan fingerprint density at radius 3 is 2.59 bits per heavy atom. The maximum absolute atomic E-state index is 5.68. The molecule has 1 rings (SSSR count). The SMILES string of the molecule is CNc1nc(Cl)nc(OCCOCCOC)n1. The van der Waals surface area contributed by atoms with Gasteiger partial charge in [-0.15, -0.1) is 0 Å². The molecule has 0 aliphatic rings.